The van der Waals surface area contributed by atoms with Gasteiger partial charge in [-0.25, -0.2) is 0 Å². The summed E-state index contributed by atoms with van der Waals surface area (Å²) < 4.78 is 5.64. The molecule has 1 N–H and O–H groups in total. The first-order valence-corrected chi connectivity index (χ1v) is 5.77. The predicted octanol–water partition coefficient (Wildman–Crippen LogP) is 0.599. The molecule has 0 aliphatic carbocycles. The molecule has 0 spiro atoms. The first-order valence-electron chi connectivity index (χ1n) is 5.77. The molecule has 4 heteroatoms. The van der Waals surface area contributed by atoms with Gasteiger partial charge in [-0.1, -0.05) is 13.8 Å². The first kappa shape index (κ1) is 12.4. The third-order valence-electron chi connectivity index (χ3n) is 2.83. The van der Waals surface area contributed by atoms with Crippen molar-refractivity contribution in [3.05, 3.63) is 0 Å². The van der Waals surface area contributed by atoms with Gasteiger partial charge in [0.05, 0.1) is 24.8 Å². The van der Waals surface area contributed by atoms with Crippen LogP contribution in [-0.4, -0.2) is 49.8 Å². The number of nitriles is 1. The molecule has 0 aromatic heterocycles. The molecule has 86 valence electrons. The molecule has 1 heterocycles. The van der Waals surface area contributed by atoms with Crippen molar-refractivity contribution in [1.29, 1.82) is 5.26 Å². The number of hydrogen-bond acceptors (Lipinski definition) is 4. The normalized spacial score (nSPS) is 24.7. The molecule has 1 aliphatic heterocycles. The first-order chi connectivity index (χ1) is 7.30. The molecule has 0 aromatic rings. The Morgan fingerprint density at radius 3 is 3.00 bits per heavy atom. The van der Waals surface area contributed by atoms with E-state index in [1.54, 1.807) is 0 Å². The van der Waals surface area contributed by atoms with Crippen molar-refractivity contribution in [3.8, 4) is 6.07 Å². The fourth-order valence-corrected chi connectivity index (χ4v) is 1.75. The van der Waals surface area contributed by atoms with Crippen LogP contribution >= 0.6 is 0 Å². The van der Waals surface area contributed by atoms with Crippen LogP contribution in [0.25, 0.3) is 0 Å². The van der Waals surface area contributed by atoms with Crippen molar-refractivity contribution in [1.82, 2.24) is 10.2 Å². The zero-order valence-electron chi connectivity index (χ0n) is 9.70. The number of ether oxygens (including phenoxy) is 1. The van der Waals surface area contributed by atoms with Gasteiger partial charge in [-0.3, -0.25) is 10.2 Å². The second kappa shape index (κ2) is 6.78. The molecule has 0 aromatic carbocycles. The van der Waals surface area contributed by atoms with Crippen LogP contribution in [0.5, 0.6) is 0 Å². The molecule has 0 radical (unpaired) electrons. The molecule has 0 saturated carbocycles. The highest BCUT2D eigenvalue weighted by molar-refractivity contribution is 4.89. The topological polar surface area (TPSA) is 48.3 Å². The second-order valence-electron chi connectivity index (χ2n) is 3.88. The average Bonchev–Trinajstić information content (AvgIpc) is 2.31. The summed E-state index contributed by atoms with van der Waals surface area (Å²) in [6, 6.07) is 2.20. The van der Waals surface area contributed by atoms with Gasteiger partial charge in [0.15, 0.2) is 0 Å². The summed E-state index contributed by atoms with van der Waals surface area (Å²) in [6.45, 7) is 8.86. The Balaban J connectivity index is 2.23. The molecule has 0 amide bonds. The van der Waals surface area contributed by atoms with Gasteiger partial charge in [0.1, 0.15) is 0 Å². The maximum atomic E-state index is 8.79. The molecule has 1 saturated heterocycles. The van der Waals surface area contributed by atoms with E-state index in [2.05, 4.69) is 23.2 Å². The fraction of sp³-hybridized carbons (Fsp3) is 0.909. The van der Waals surface area contributed by atoms with Gasteiger partial charge < -0.3 is 4.74 Å². The Morgan fingerprint density at radius 2 is 2.40 bits per heavy atom. The van der Waals surface area contributed by atoms with Crippen LogP contribution in [-0.2, 0) is 4.74 Å². The van der Waals surface area contributed by atoms with Gasteiger partial charge in [-0.15, -0.1) is 0 Å². The van der Waals surface area contributed by atoms with E-state index in [0.717, 1.165) is 39.2 Å². The zero-order chi connectivity index (χ0) is 11.1. The van der Waals surface area contributed by atoms with Gasteiger partial charge in [0, 0.05) is 19.6 Å². The Morgan fingerprint density at radius 1 is 1.60 bits per heavy atom. The maximum Gasteiger partial charge on any atom is 0.0951 e. The van der Waals surface area contributed by atoms with Crippen molar-refractivity contribution in [2.45, 2.75) is 32.4 Å². The number of nitrogens with one attached hydrogen (secondary N) is 1. The lowest BCUT2D eigenvalue weighted by atomic mass is 10.2. The smallest absolute Gasteiger partial charge is 0.0951 e. The number of rotatable bonds is 5. The summed E-state index contributed by atoms with van der Waals surface area (Å²) in [4.78, 5) is 2.38. The molecule has 15 heavy (non-hydrogen) atoms. The van der Waals surface area contributed by atoms with Crippen molar-refractivity contribution in [2.75, 3.05) is 32.8 Å². The van der Waals surface area contributed by atoms with Gasteiger partial charge in [0.25, 0.3) is 0 Å². The van der Waals surface area contributed by atoms with Crippen LogP contribution in [0.1, 0.15) is 20.3 Å². The largest absolute Gasteiger partial charge is 0.374 e. The average molecular weight is 211 g/mol. The van der Waals surface area contributed by atoms with E-state index in [-0.39, 0.29) is 12.1 Å². The minimum Gasteiger partial charge on any atom is -0.374 e. The van der Waals surface area contributed by atoms with Gasteiger partial charge in [0.2, 0.25) is 0 Å². The lowest BCUT2D eigenvalue weighted by Crippen LogP contribution is -2.47. The highest BCUT2D eigenvalue weighted by Gasteiger charge is 2.19. The van der Waals surface area contributed by atoms with E-state index in [4.69, 9.17) is 10.00 Å². The van der Waals surface area contributed by atoms with Crippen molar-refractivity contribution in [2.24, 2.45) is 0 Å². The number of hydrogen-bond donors (Lipinski definition) is 1. The standard InChI is InChI=1S/C11H21N3O/c1-3-10(7-12)13-8-11-9-14(4-2)5-6-15-11/h10-11,13H,3-6,8-9H2,1-2H3. The summed E-state index contributed by atoms with van der Waals surface area (Å²) in [6.07, 6.45) is 1.09. The lowest BCUT2D eigenvalue weighted by molar-refractivity contribution is -0.0258. The molecular formula is C11H21N3O. The second-order valence-corrected chi connectivity index (χ2v) is 3.88. The molecule has 4 nitrogen and oxygen atoms in total. The summed E-state index contributed by atoms with van der Waals surface area (Å²) in [5.74, 6) is 0. The van der Waals surface area contributed by atoms with Gasteiger partial charge in [-0.2, -0.15) is 5.26 Å². The summed E-state index contributed by atoms with van der Waals surface area (Å²) in [5.41, 5.74) is 0. The van der Waals surface area contributed by atoms with Crippen LogP contribution in [0.15, 0.2) is 0 Å². The van der Waals surface area contributed by atoms with Crippen molar-refractivity contribution >= 4 is 0 Å². The van der Waals surface area contributed by atoms with Crippen LogP contribution in [0.3, 0.4) is 0 Å². The van der Waals surface area contributed by atoms with E-state index in [9.17, 15) is 0 Å². The van der Waals surface area contributed by atoms with E-state index in [1.165, 1.54) is 0 Å². The fourth-order valence-electron chi connectivity index (χ4n) is 1.75. The number of morpholine rings is 1. The lowest BCUT2D eigenvalue weighted by Gasteiger charge is -2.32. The van der Waals surface area contributed by atoms with Crippen LogP contribution in [0.2, 0.25) is 0 Å². The minimum atomic E-state index is -0.0365. The SMILES string of the molecule is CCC(C#N)NCC1CN(CC)CCO1. The minimum absolute atomic E-state index is 0.0365. The molecule has 2 atom stereocenters. The van der Waals surface area contributed by atoms with E-state index in [0.29, 0.717) is 0 Å². The Kier molecular flexibility index (Phi) is 5.62. The molecular weight excluding hydrogens is 190 g/mol. The van der Waals surface area contributed by atoms with Crippen molar-refractivity contribution < 1.29 is 4.74 Å². The molecule has 2 unspecified atom stereocenters. The highest BCUT2D eigenvalue weighted by atomic mass is 16.5. The van der Waals surface area contributed by atoms with Gasteiger partial charge in [-0.05, 0) is 13.0 Å². The van der Waals surface area contributed by atoms with E-state index < -0.39 is 0 Å². The predicted molar refractivity (Wildman–Crippen MR) is 59.5 cm³/mol. The monoisotopic (exact) mass is 211 g/mol. The quantitative estimate of drug-likeness (QED) is 0.723. The highest BCUT2D eigenvalue weighted by Crippen LogP contribution is 2.04. The summed E-state index contributed by atoms with van der Waals surface area (Å²) >= 11 is 0. The number of likely N-dealkylation sites (N-methyl/N-ethyl adjacent to an activating group) is 1. The third-order valence-corrected chi connectivity index (χ3v) is 2.83. The number of nitrogens with zero attached hydrogens (tertiary/aromatic N) is 2. The summed E-state index contributed by atoms with van der Waals surface area (Å²) in [7, 11) is 0. The summed E-state index contributed by atoms with van der Waals surface area (Å²) in [5, 5.41) is 12.0. The molecule has 1 fully saturated rings. The van der Waals surface area contributed by atoms with E-state index >= 15 is 0 Å². The molecule has 0 bridgehead atoms. The van der Waals surface area contributed by atoms with Crippen LogP contribution in [0.4, 0.5) is 0 Å². The Labute approximate surface area is 92.2 Å². The van der Waals surface area contributed by atoms with E-state index in [1.807, 2.05) is 6.92 Å². The Bertz CT molecular complexity index is 214. The maximum absolute atomic E-state index is 8.79. The van der Waals surface area contributed by atoms with Crippen molar-refractivity contribution in [3.63, 3.8) is 0 Å². The van der Waals surface area contributed by atoms with Gasteiger partial charge >= 0.3 is 0 Å². The molecule has 1 aliphatic rings. The zero-order valence-corrected chi connectivity index (χ0v) is 9.70. The molecule has 1 rings (SSSR count). The van der Waals surface area contributed by atoms with Crippen LogP contribution in [0, 0.1) is 11.3 Å². The Hall–Kier alpha value is -0.630. The van der Waals surface area contributed by atoms with Crippen LogP contribution < -0.4 is 5.32 Å². The third kappa shape index (κ3) is 4.17.